The fourth-order valence-corrected chi connectivity index (χ4v) is 4.47. The molecule has 0 unspecified atom stereocenters. The number of methoxy groups -OCH3 is 2. The maximum Gasteiger partial charge on any atom is 0.337 e. The van der Waals surface area contributed by atoms with Gasteiger partial charge in [0.2, 0.25) is 5.95 Å². The van der Waals surface area contributed by atoms with Crippen molar-refractivity contribution in [3.8, 4) is 5.75 Å². The third-order valence-electron chi connectivity index (χ3n) is 6.37. The minimum absolute atomic E-state index is 0.165. The Bertz CT molecular complexity index is 1450. The third-order valence-corrected chi connectivity index (χ3v) is 6.37. The highest BCUT2D eigenvalue weighted by Crippen LogP contribution is 2.22. The van der Waals surface area contributed by atoms with Gasteiger partial charge in [-0.1, -0.05) is 18.2 Å². The van der Waals surface area contributed by atoms with Gasteiger partial charge >= 0.3 is 5.97 Å². The molecule has 3 heterocycles. The van der Waals surface area contributed by atoms with Crippen molar-refractivity contribution in [1.29, 1.82) is 0 Å². The minimum atomic E-state index is -0.468. The molecule has 9 nitrogen and oxygen atoms in total. The second kappa shape index (κ2) is 10.1. The van der Waals surface area contributed by atoms with Gasteiger partial charge in [-0.2, -0.15) is 0 Å². The molecule has 2 aromatic heterocycles. The van der Waals surface area contributed by atoms with Gasteiger partial charge in [0.05, 0.1) is 37.2 Å². The lowest BCUT2D eigenvalue weighted by Gasteiger charge is -2.36. The highest BCUT2D eigenvalue weighted by molar-refractivity contribution is 5.94. The average Bonchev–Trinajstić information content (AvgIpc) is 2.94. The SMILES string of the molecule is COC(=O)c1ccc2c(=O)n(Cc3cccc(OC)c3)c(N3CCN(c4ccccn4)CC3)nc2c1. The number of pyridine rings is 1. The van der Waals surface area contributed by atoms with E-state index in [1.807, 2.05) is 42.5 Å². The number of piperazine rings is 1. The molecule has 184 valence electrons. The predicted octanol–water partition coefficient (Wildman–Crippen LogP) is 2.96. The predicted molar refractivity (Wildman–Crippen MR) is 138 cm³/mol. The lowest BCUT2D eigenvalue weighted by molar-refractivity contribution is 0.0601. The molecule has 4 aromatic rings. The van der Waals surface area contributed by atoms with Crippen LogP contribution in [0.2, 0.25) is 0 Å². The summed E-state index contributed by atoms with van der Waals surface area (Å²) >= 11 is 0. The van der Waals surface area contributed by atoms with Crippen LogP contribution < -0.4 is 20.1 Å². The van der Waals surface area contributed by atoms with E-state index in [0.29, 0.717) is 42.0 Å². The van der Waals surface area contributed by atoms with E-state index in [2.05, 4.69) is 14.8 Å². The van der Waals surface area contributed by atoms with E-state index >= 15 is 0 Å². The molecule has 0 bridgehead atoms. The number of hydrogen-bond acceptors (Lipinski definition) is 8. The Morgan fingerprint density at radius 1 is 0.944 bits per heavy atom. The molecule has 2 aromatic carbocycles. The van der Waals surface area contributed by atoms with E-state index < -0.39 is 5.97 Å². The zero-order valence-corrected chi connectivity index (χ0v) is 20.3. The fraction of sp³-hybridized carbons (Fsp3) is 0.259. The Morgan fingerprint density at radius 2 is 1.75 bits per heavy atom. The van der Waals surface area contributed by atoms with Crippen LogP contribution in [0, 0.1) is 0 Å². The molecule has 1 saturated heterocycles. The first-order chi connectivity index (χ1) is 17.6. The largest absolute Gasteiger partial charge is 0.497 e. The van der Waals surface area contributed by atoms with Crippen LogP contribution in [0.15, 0.2) is 71.7 Å². The van der Waals surface area contributed by atoms with E-state index in [-0.39, 0.29) is 5.56 Å². The lowest BCUT2D eigenvalue weighted by atomic mass is 10.1. The zero-order chi connectivity index (χ0) is 25.1. The number of benzene rings is 2. The van der Waals surface area contributed by atoms with Crippen molar-refractivity contribution in [1.82, 2.24) is 14.5 Å². The van der Waals surface area contributed by atoms with Gasteiger partial charge in [0.15, 0.2) is 0 Å². The van der Waals surface area contributed by atoms with Gasteiger partial charge in [-0.15, -0.1) is 0 Å². The highest BCUT2D eigenvalue weighted by atomic mass is 16.5. The van der Waals surface area contributed by atoms with Crippen LogP contribution in [0.25, 0.3) is 10.9 Å². The van der Waals surface area contributed by atoms with Crippen molar-refractivity contribution in [2.45, 2.75) is 6.54 Å². The van der Waals surface area contributed by atoms with Crippen molar-refractivity contribution in [2.24, 2.45) is 0 Å². The lowest BCUT2D eigenvalue weighted by Crippen LogP contribution is -2.48. The Balaban J connectivity index is 1.55. The summed E-state index contributed by atoms with van der Waals surface area (Å²) in [5.74, 6) is 1.76. The minimum Gasteiger partial charge on any atom is -0.497 e. The van der Waals surface area contributed by atoms with E-state index in [0.717, 1.165) is 30.2 Å². The molecule has 0 aliphatic carbocycles. The summed E-state index contributed by atoms with van der Waals surface area (Å²) in [6.07, 6.45) is 1.79. The normalized spacial score (nSPS) is 13.6. The van der Waals surface area contributed by atoms with Crippen molar-refractivity contribution < 1.29 is 14.3 Å². The van der Waals surface area contributed by atoms with Gasteiger partial charge in [-0.05, 0) is 48.0 Å². The summed E-state index contributed by atoms with van der Waals surface area (Å²) in [5, 5.41) is 0.446. The number of rotatable bonds is 6. The number of nitrogens with zero attached hydrogens (tertiary/aromatic N) is 5. The van der Waals surface area contributed by atoms with Crippen LogP contribution in [-0.2, 0) is 11.3 Å². The Hall–Kier alpha value is -4.40. The van der Waals surface area contributed by atoms with Gasteiger partial charge < -0.3 is 19.3 Å². The first-order valence-corrected chi connectivity index (χ1v) is 11.7. The molecule has 1 aliphatic rings. The van der Waals surface area contributed by atoms with E-state index in [9.17, 15) is 9.59 Å². The molecule has 1 fully saturated rings. The highest BCUT2D eigenvalue weighted by Gasteiger charge is 2.23. The summed E-state index contributed by atoms with van der Waals surface area (Å²) in [7, 11) is 2.95. The standard InChI is InChI=1S/C27H27N5O4/c1-35-21-7-5-6-19(16-21)18-32-25(33)22-10-9-20(26(34)36-2)17-23(22)29-27(32)31-14-12-30(13-15-31)24-8-3-4-11-28-24/h3-11,16-17H,12-15,18H2,1-2H3. The number of aromatic nitrogens is 3. The van der Waals surface area contributed by atoms with Gasteiger partial charge in [0, 0.05) is 32.4 Å². The topological polar surface area (TPSA) is 89.8 Å². The quantitative estimate of drug-likeness (QED) is 0.385. The maximum atomic E-state index is 13.7. The number of anilines is 2. The summed E-state index contributed by atoms with van der Waals surface area (Å²) in [5.41, 5.74) is 1.58. The Labute approximate surface area is 208 Å². The first kappa shape index (κ1) is 23.3. The smallest absolute Gasteiger partial charge is 0.337 e. The average molecular weight is 486 g/mol. The Kier molecular flexibility index (Phi) is 6.53. The molecule has 9 heteroatoms. The van der Waals surface area contributed by atoms with Crippen molar-refractivity contribution in [3.63, 3.8) is 0 Å². The molecule has 1 aliphatic heterocycles. The summed E-state index contributed by atoms with van der Waals surface area (Å²) in [6.45, 7) is 3.17. The fourth-order valence-electron chi connectivity index (χ4n) is 4.47. The monoisotopic (exact) mass is 485 g/mol. The van der Waals surface area contributed by atoms with E-state index in [1.165, 1.54) is 7.11 Å². The summed E-state index contributed by atoms with van der Waals surface area (Å²) in [6, 6.07) is 18.4. The van der Waals surface area contributed by atoms with Gasteiger partial charge in [0.25, 0.3) is 5.56 Å². The van der Waals surface area contributed by atoms with Crippen LogP contribution in [0.4, 0.5) is 11.8 Å². The Morgan fingerprint density at radius 3 is 2.47 bits per heavy atom. The van der Waals surface area contributed by atoms with Gasteiger partial charge in [-0.3, -0.25) is 9.36 Å². The molecule has 5 rings (SSSR count). The zero-order valence-electron chi connectivity index (χ0n) is 20.3. The van der Waals surface area contributed by atoms with Crippen LogP contribution in [0.5, 0.6) is 5.75 Å². The maximum absolute atomic E-state index is 13.7. The van der Waals surface area contributed by atoms with Crippen LogP contribution >= 0.6 is 0 Å². The molecule has 0 N–H and O–H groups in total. The van der Waals surface area contributed by atoms with E-state index in [1.54, 1.807) is 36.1 Å². The van der Waals surface area contributed by atoms with Crippen LogP contribution in [0.1, 0.15) is 15.9 Å². The second-order valence-corrected chi connectivity index (χ2v) is 8.54. The molecule has 36 heavy (non-hydrogen) atoms. The van der Waals surface area contributed by atoms with E-state index in [4.69, 9.17) is 14.5 Å². The molecule has 0 spiro atoms. The number of esters is 1. The number of carbonyl (C=O) groups is 1. The van der Waals surface area contributed by atoms with Crippen molar-refractivity contribution in [2.75, 3.05) is 50.2 Å². The number of hydrogen-bond donors (Lipinski definition) is 0. The third kappa shape index (κ3) is 4.59. The molecule has 0 saturated carbocycles. The molecule has 0 atom stereocenters. The van der Waals surface area contributed by atoms with Crippen molar-refractivity contribution in [3.05, 3.63) is 88.3 Å². The van der Waals surface area contributed by atoms with Gasteiger partial charge in [-0.25, -0.2) is 14.8 Å². The van der Waals surface area contributed by atoms with Crippen molar-refractivity contribution >= 4 is 28.6 Å². The summed E-state index contributed by atoms with van der Waals surface area (Å²) < 4.78 is 11.9. The van der Waals surface area contributed by atoms with Crippen LogP contribution in [0.3, 0.4) is 0 Å². The number of fused-ring (bicyclic) bond motifs is 1. The number of carbonyl (C=O) groups excluding carboxylic acids is 1. The summed E-state index contributed by atoms with van der Waals surface area (Å²) in [4.78, 5) is 39.5. The molecular weight excluding hydrogens is 458 g/mol. The number of ether oxygens (including phenoxy) is 2. The first-order valence-electron chi connectivity index (χ1n) is 11.7. The second-order valence-electron chi connectivity index (χ2n) is 8.54. The molecule has 0 radical (unpaired) electrons. The molecular formula is C27H27N5O4. The van der Waals surface area contributed by atoms with Gasteiger partial charge in [0.1, 0.15) is 11.6 Å². The molecule has 0 amide bonds. The van der Waals surface area contributed by atoms with Crippen LogP contribution in [-0.4, -0.2) is 60.9 Å².